The maximum atomic E-state index is 12.6. The number of anilines is 2. The molecule has 5 nitrogen and oxygen atoms in total. The number of nitrogens with two attached hydrogens (primary N) is 1. The number of carbonyl (C=O) groups is 1. The molecule has 0 aliphatic carbocycles. The van der Waals surface area contributed by atoms with E-state index in [1.54, 1.807) is 38.1 Å². The number of hydrogen-bond acceptors (Lipinski definition) is 4. The second kappa shape index (κ2) is 6.19. The zero-order valence-electron chi connectivity index (χ0n) is 12.5. The standard InChI is InChI=1S/C16H18N2O3S/c1-3-16(19)18-13-6-9-15(11(2)10-13)22(20,21)14-7-4-12(17)5-8-14/h4-10H,3,17H2,1-2H3,(H,18,19). The van der Waals surface area contributed by atoms with Gasteiger partial charge in [-0.3, -0.25) is 4.79 Å². The van der Waals surface area contributed by atoms with Crippen molar-refractivity contribution in [1.29, 1.82) is 0 Å². The van der Waals surface area contributed by atoms with E-state index in [1.165, 1.54) is 18.2 Å². The van der Waals surface area contributed by atoms with Crippen LogP contribution < -0.4 is 11.1 Å². The van der Waals surface area contributed by atoms with Gasteiger partial charge in [-0.25, -0.2) is 8.42 Å². The third-order valence-corrected chi connectivity index (χ3v) is 5.19. The minimum absolute atomic E-state index is 0.117. The Morgan fingerprint density at radius 2 is 1.77 bits per heavy atom. The highest BCUT2D eigenvalue weighted by Crippen LogP contribution is 2.26. The minimum atomic E-state index is -3.61. The van der Waals surface area contributed by atoms with Crippen LogP contribution in [-0.4, -0.2) is 14.3 Å². The van der Waals surface area contributed by atoms with E-state index in [4.69, 9.17) is 5.73 Å². The fourth-order valence-electron chi connectivity index (χ4n) is 2.05. The van der Waals surface area contributed by atoms with E-state index >= 15 is 0 Å². The topological polar surface area (TPSA) is 89.3 Å². The molecule has 0 aliphatic rings. The molecule has 0 bridgehead atoms. The lowest BCUT2D eigenvalue weighted by Gasteiger charge is -2.10. The molecule has 1 amide bonds. The maximum absolute atomic E-state index is 12.6. The molecule has 116 valence electrons. The van der Waals surface area contributed by atoms with Gasteiger partial charge in [-0.1, -0.05) is 6.92 Å². The van der Waals surface area contributed by atoms with Gasteiger partial charge in [0.2, 0.25) is 15.7 Å². The van der Waals surface area contributed by atoms with Gasteiger partial charge in [-0.05, 0) is 55.0 Å². The number of hydrogen-bond donors (Lipinski definition) is 2. The zero-order chi connectivity index (χ0) is 16.3. The van der Waals surface area contributed by atoms with Gasteiger partial charge in [0, 0.05) is 17.8 Å². The van der Waals surface area contributed by atoms with E-state index in [1.807, 2.05) is 0 Å². The van der Waals surface area contributed by atoms with Gasteiger partial charge < -0.3 is 11.1 Å². The minimum Gasteiger partial charge on any atom is -0.399 e. The van der Waals surface area contributed by atoms with E-state index < -0.39 is 9.84 Å². The Labute approximate surface area is 130 Å². The number of carbonyl (C=O) groups excluding carboxylic acids is 1. The lowest BCUT2D eigenvalue weighted by atomic mass is 10.2. The summed E-state index contributed by atoms with van der Waals surface area (Å²) in [4.78, 5) is 11.8. The van der Waals surface area contributed by atoms with Crippen LogP contribution in [0.25, 0.3) is 0 Å². The number of sulfone groups is 1. The summed E-state index contributed by atoms with van der Waals surface area (Å²) in [6.45, 7) is 3.45. The van der Waals surface area contributed by atoms with Crippen molar-refractivity contribution in [3.8, 4) is 0 Å². The molecular formula is C16H18N2O3S. The van der Waals surface area contributed by atoms with Gasteiger partial charge in [0.15, 0.2) is 0 Å². The Hall–Kier alpha value is -2.34. The summed E-state index contributed by atoms with van der Waals surface area (Å²) < 4.78 is 25.3. The SMILES string of the molecule is CCC(=O)Nc1ccc(S(=O)(=O)c2ccc(N)cc2)c(C)c1. The predicted molar refractivity (Wildman–Crippen MR) is 86.4 cm³/mol. The Bertz CT molecular complexity index is 797. The van der Waals surface area contributed by atoms with E-state index in [0.29, 0.717) is 23.4 Å². The molecule has 6 heteroatoms. The summed E-state index contributed by atoms with van der Waals surface area (Å²) in [5.74, 6) is -0.117. The fraction of sp³-hybridized carbons (Fsp3) is 0.188. The van der Waals surface area contributed by atoms with E-state index in [0.717, 1.165) is 0 Å². The summed E-state index contributed by atoms with van der Waals surface area (Å²) in [6.07, 6.45) is 0.366. The number of benzene rings is 2. The van der Waals surface area contributed by atoms with Gasteiger partial charge in [-0.15, -0.1) is 0 Å². The number of amides is 1. The number of nitrogens with one attached hydrogen (secondary N) is 1. The van der Waals surface area contributed by atoms with Crippen LogP contribution in [0.15, 0.2) is 52.3 Å². The molecule has 0 spiro atoms. The number of rotatable bonds is 4. The molecule has 2 aromatic rings. The molecule has 3 N–H and O–H groups in total. The molecular weight excluding hydrogens is 300 g/mol. The van der Waals surface area contributed by atoms with Crippen molar-refractivity contribution < 1.29 is 13.2 Å². The van der Waals surface area contributed by atoms with E-state index in [-0.39, 0.29) is 15.7 Å². The quantitative estimate of drug-likeness (QED) is 0.848. The van der Waals surface area contributed by atoms with Crippen molar-refractivity contribution in [2.24, 2.45) is 0 Å². The van der Waals surface area contributed by atoms with Crippen LogP contribution in [0.4, 0.5) is 11.4 Å². The molecule has 0 atom stereocenters. The van der Waals surface area contributed by atoms with Crippen LogP contribution in [0.5, 0.6) is 0 Å². The molecule has 22 heavy (non-hydrogen) atoms. The van der Waals surface area contributed by atoms with Crippen LogP contribution in [0.1, 0.15) is 18.9 Å². The Morgan fingerprint density at radius 1 is 1.14 bits per heavy atom. The van der Waals surface area contributed by atoms with Crippen LogP contribution in [0, 0.1) is 6.92 Å². The molecule has 0 heterocycles. The highest BCUT2D eigenvalue weighted by Gasteiger charge is 2.20. The predicted octanol–water partition coefficient (Wildman–Crippen LogP) is 2.76. The molecule has 0 aromatic heterocycles. The first kappa shape index (κ1) is 16.0. The summed E-state index contributed by atoms with van der Waals surface area (Å²) in [7, 11) is -3.61. The second-order valence-electron chi connectivity index (χ2n) is 4.95. The first-order valence-corrected chi connectivity index (χ1v) is 8.34. The largest absolute Gasteiger partial charge is 0.399 e. The molecule has 0 saturated heterocycles. The van der Waals surface area contributed by atoms with Crippen molar-refractivity contribution in [3.05, 3.63) is 48.0 Å². The van der Waals surface area contributed by atoms with Crippen molar-refractivity contribution in [2.75, 3.05) is 11.1 Å². The summed E-state index contributed by atoms with van der Waals surface area (Å²) >= 11 is 0. The number of aryl methyl sites for hydroxylation is 1. The lowest BCUT2D eigenvalue weighted by Crippen LogP contribution is -2.10. The first-order valence-electron chi connectivity index (χ1n) is 6.85. The summed E-state index contributed by atoms with van der Waals surface area (Å²) in [5, 5.41) is 2.71. The van der Waals surface area contributed by atoms with Gasteiger partial charge in [0.25, 0.3) is 0 Å². The second-order valence-corrected chi connectivity index (χ2v) is 6.87. The van der Waals surface area contributed by atoms with Gasteiger partial charge >= 0.3 is 0 Å². The highest BCUT2D eigenvalue weighted by atomic mass is 32.2. The van der Waals surface area contributed by atoms with E-state index in [9.17, 15) is 13.2 Å². The molecule has 0 aliphatic heterocycles. The number of nitrogen functional groups attached to an aromatic ring is 1. The van der Waals surface area contributed by atoms with Gasteiger partial charge in [0.05, 0.1) is 9.79 Å². The van der Waals surface area contributed by atoms with Gasteiger partial charge in [-0.2, -0.15) is 0 Å². The van der Waals surface area contributed by atoms with Crippen LogP contribution in [0.2, 0.25) is 0 Å². The van der Waals surface area contributed by atoms with Gasteiger partial charge in [0.1, 0.15) is 0 Å². The monoisotopic (exact) mass is 318 g/mol. The van der Waals surface area contributed by atoms with Crippen molar-refractivity contribution in [1.82, 2.24) is 0 Å². The third kappa shape index (κ3) is 3.28. The normalized spacial score (nSPS) is 11.2. The molecule has 0 fully saturated rings. The molecule has 0 unspecified atom stereocenters. The fourth-order valence-corrected chi connectivity index (χ4v) is 3.53. The van der Waals surface area contributed by atoms with Crippen molar-refractivity contribution in [2.45, 2.75) is 30.1 Å². The average molecular weight is 318 g/mol. The van der Waals surface area contributed by atoms with E-state index in [2.05, 4.69) is 5.32 Å². The smallest absolute Gasteiger partial charge is 0.224 e. The molecule has 0 radical (unpaired) electrons. The highest BCUT2D eigenvalue weighted by molar-refractivity contribution is 7.91. The zero-order valence-corrected chi connectivity index (χ0v) is 13.3. The molecule has 2 aromatic carbocycles. The van der Waals surface area contributed by atoms with Crippen molar-refractivity contribution in [3.63, 3.8) is 0 Å². The Morgan fingerprint density at radius 3 is 2.32 bits per heavy atom. The lowest BCUT2D eigenvalue weighted by molar-refractivity contribution is -0.115. The Kier molecular flexibility index (Phi) is 4.51. The summed E-state index contributed by atoms with van der Waals surface area (Å²) in [5.41, 5.74) is 7.25. The summed E-state index contributed by atoms with van der Waals surface area (Å²) in [6, 6.07) is 10.8. The van der Waals surface area contributed by atoms with Crippen LogP contribution >= 0.6 is 0 Å². The van der Waals surface area contributed by atoms with Crippen LogP contribution in [-0.2, 0) is 14.6 Å². The maximum Gasteiger partial charge on any atom is 0.224 e. The van der Waals surface area contributed by atoms with Crippen LogP contribution in [0.3, 0.4) is 0 Å². The first-order chi connectivity index (χ1) is 10.3. The Balaban J connectivity index is 2.40. The molecule has 2 rings (SSSR count). The average Bonchev–Trinajstić information content (AvgIpc) is 2.47. The third-order valence-electron chi connectivity index (χ3n) is 3.26. The van der Waals surface area contributed by atoms with Crippen molar-refractivity contribution >= 4 is 27.1 Å². The molecule has 0 saturated carbocycles.